The molecular formula is C16H16N2O2. The zero-order valence-electron chi connectivity index (χ0n) is 11.1. The van der Waals surface area contributed by atoms with Gasteiger partial charge in [0.05, 0.1) is 6.54 Å². The average molecular weight is 268 g/mol. The van der Waals surface area contributed by atoms with Crippen LogP contribution >= 0.6 is 0 Å². The fraction of sp³-hybridized carbons (Fsp3) is 0.125. The SMILES string of the molecule is C=NCc1ccc(NC(=O)OCc2ccccc2)cc1. The zero-order chi connectivity index (χ0) is 14.2. The molecule has 0 unspecified atom stereocenters. The van der Waals surface area contributed by atoms with Gasteiger partial charge in [0.15, 0.2) is 0 Å². The smallest absolute Gasteiger partial charge is 0.411 e. The van der Waals surface area contributed by atoms with Crippen LogP contribution in [-0.2, 0) is 17.9 Å². The van der Waals surface area contributed by atoms with Crippen LogP contribution in [0, 0.1) is 0 Å². The van der Waals surface area contributed by atoms with E-state index in [-0.39, 0.29) is 6.61 Å². The van der Waals surface area contributed by atoms with Crippen LogP contribution in [-0.4, -0.2) is 12.8 Å². The van der Waals surface area contributed by atoms with Crippen LogP contribution in [0.4, 0.5) is 10.5 Å². The Hall–Kier alpha value is -2.62. The summed E-state index contributed by atoms with van der Waals surface area (Å²) < 4.78 is 5.13. The second-order valence-electron chi connectivity index (χ2n) is 4.27. The highest BCUT2D eigenvalue weighted by atomic mass is 16.5. The van der Waals surface area contributed by atoms with E-state index in [1.165, 1.54) is 0 Å². The lowest BCUT2D eigenvalue weighted by atomic mass is 10.2. The summed E-state index contributed by atoms with van der Waals surface area (Å²) in [7, 11) is 0. The molecule has 0 aliphatic carbocycles. The number of nitrogens with zero attached hydrogens (tertiary/aromatic N) is 1. The Bertz CT molecular complexity index is 565. The molecule has 102 valence electrons. The Balaban J connectivity index is 1.83. The quantitative estimate of drug-likeness (QED) is 0.842. The van der Waals surface area contributed by atoms with Crippen LogP contribution < -0.4 is 5.32 Å². The fourth-order valence-electron chi connectivity index (χ4n) is 1.70. The van der Waals surface area contributed by atoms with Crippen LogP contribution in [0.25, 0.3) is 0 Å². The minimum absolute atomic E-state index is 0.255. The Morgan fingerprint density at radius 2 is 1.75 bits per heavy atom. The lowest BCUT2D eigenvalue weighted by molar-refractivity contribution is 0.155. The zero-order valence-corrected chi connectivity index (χ0v) is 11.1. The van der Waals surface area contributed by atoms with E-state index in [0.717, 1.165) is 11.1 Å². The van der Waals surface area contributed by atoms with Crippen molar-refractivity contribution in [1.82, 2.24) is 0 Å². The van der Waals surface area contributed by atoms with E-state index in [1.807, 2.05) is 54.6 Å². The van der Waals surface area contributed by atoms with Gasteiger partial charge in [-0.05, 0) is 30.0 Å². The molecule has 0 saturated heterocycles. The van der Waals surface area contributed by atoms with E-state index in [0.29, 0.717) is 12.2 Å². The van der Waals surface area contributed by atoms with Gasteiger partial charge in [-0.25, -0.2) is 4.79 Å². The molecule has 4 heteroatoms. The van der Waals surface area contributed by atoms with E-state index in [1.54, 1.807) is 0 Å². The summed E-state index contributed by atoms with van der Waals surface area (Å²) in [6.45, 7) is 4.26. The standard InChI is InChI=1S/C16H16N2O2/c1-17-11-13-7-9-15(10-8-13)18-16(19)20-12-14-5-3-2-4-6-14/h2-10H,1,11-12H2,(H,18,19). The van der Waals surface area contributed by atoms with E-state index in [4.69, 9.17) is 4.74 Å². The maximum atomic E-state index is 11.6. The molecular weight excluding hydrogens is 252 g/mol. The number of hydrogen-bond acceptors (Lipinski definition) is 3. The third kappa shape index (κ3) is 4.24. The van der Waals surface area contributed by atoms with Crippen molar-refractivity contribution >= 4 is 18.5 Å². The highest BCUT2D eigenvalue weighted by molar-refractivity contribution is 5.84. The number of benzene rings is 2. The van der Waals surface area contributed by atoms with Crippen molar-refractivity contribution in [1.29, 1.82) is 0 Å². The van der Waals surface area contributed by atoms with Gasteiger partial charge in [0.25, 0.3) is 0 Å². The summed E-state index contributed by atoms with van der Waals surface area (Å²) in [4.78, 5) is 15.4. The Labute approximate surface area is 118 Å². The van der Waals surface area contributed by atoms with E-state index in [2.05, 4.69) is 17.0 Å². The minimum atomic E-state index is -0.469. The number of carbonyl (C=O) groups is 1. The maximum absolute atomic E-state index is 11.6. The van der Waals surface area contributed by atoms with E-state index >= 15 is 0 Å². The van der Waals surface area contributed by atoms with Crippen molar-refractivity contribution in [2.75, 3.05) is 5.32 Å². The highest BCUT2D eigenvalue weighted by Crippen LogP contribution is 2.11. The summed E-state index contributed by atoms with van der Waals surface area (Å²) in [5.74, 6) is 0. The molecule has 2 aromatic carbocycles. The van der Waals surface area contributed by atoms with Crippen LogP contribution in [0.3, 0.4) is 0 Å². The number of ether oxygens (including phenoxy) is 1. The molecule has 4 nitrogen and oxygen atoms in total. The molecule has 2 aromatic rings. The second kappa shape index (κ2) is 7.09. The molecule has 1 N–H and O–H groups in total. The summed E-state index contributed by atoms with van der Waals surface area (Å²) in [5.41, 5.74) is 2.69. The number of nitrogens with one attached hydrogen (secondary N) is 1. The maximum Gasteiger partial charge on any atom is 0.411 e. The first kappa shape index (κ1) is 13.8. The first-order chi connectivity index (χ1) is 9.78. The predicted octanol–water partition coefficient (Wildman–Crippen LogP) is 3.64. The topological polar surface area (TPSA) is 50.7 Å². The summed E-state index contributed by atoms with van der Waals surface area (Å²) >= 11 is 0. The van der Waals surface area contributed by atoms with Gasteiger partial charge in [-0.15, -0.1) is 0 Å². The molecule has 1 amide bonds. The molecule has 20 heavy (non-hydrogen) atoms. The number of amides is 1. The van der Waals surface area contributed by atoms with Gasteiger partial charge in [-0.3, -0.25) is 10.3 Å². The van der Waals surface area contributed by atoms with Gasteiger partial charge in [0.2, 0.25) is 0 Å². The van der Waals surface area contributed by atoms with Crippen molar-refractivity contribution in [3.63, 3.8) is 0 Å². The monoisotopic (exact) mass is 268 g/mol. The van der Waals surface area contributed by atoms with Crippen LogP contribution in [0.15, 0.2) is 59.6 Å². The van der Waals surface area contributed by atoms with Crippen molar-refractivity contribution in [3.05, 3.63) is 65.7 Å². The van der Waals surface area contributed by atoms with Crippen LogP contribution in [0.5, 0.6) is 0 Å². The van der Waals surface area contributed by atoms with E-state index in [9.17, 15) is 4.79 Å². The first-order valence-corrected chi connectivity index (χ1v) is 6.27. The van der Waals surface area contributed by atoms with Gasteiger partial charge >= 0.3 is 6.09 Å². The van der Waals surface area contributed by atoms with Gasteiger partial charge in [-0.2, -0.15) is 0 Å². The van der Waals surface area contributed by atoms with Crippen molar-refractivity contribution in [2.45, 2.75) is 13.2 Å². The molecule has 0 aliphatic rings. The average Bonchev–Trinajstić information content (AvgIpc) is 2.49. The molecule has 0 aliphatic heterocycles. The molecule has 0 fully saturated rings. The largest absolute Gasteiger partial charge is 0.444 e. The van der Waals surface area contributed by atoms with Crippen molar-refractivity contribution in [3.8, 4) is 0 Å². The number of hydrogen-bond donors (Lipinski definition) is 1. The molecule has 0 aromatic heterocycles. The minimum Gasteiger partial charge on any atom is -0.444 e. The van der Waals surface area contributed by atoms with Crippen molar-refractivity contribution < 1.29 is 9.53 Å². The second-order valence-corrected chi connectivity index (χ2v) is 4.27. The summed E-state index contributed by atoms with van der Waals surface area (Å²) in [5, 5.41) is 2.67. The third-order valence-electron chi connectivity index (χ3n) is 2.71. The highest BCUT2D eigenvalue weighted by Gasteiger charge is 2.03. The first-order valence-electron chi connectivity index (χ1n) is 6.27. The molecule has 0 spiro atoms. The Kier molecular flexibility index (Phi) is 4.89. The number of anilines is 1. The molecule has 0 heterocycles. The molecule has 0 bridgehead atoms. The molecule has 0 atom stereocenters. The lowest BCUT2D eigenvalue weighted by Crippen LogP contribution is -2.13. The summed E-state index contributed by atoms with van der Waals surface area (Å²) in [6.07, 6.45) is -0.469. The molecule has 2 rings (SSSR count). The predicted molar refractivity (Wildman–Crippen MR) is 79.9 cm³/mol. The fourth-order valence-corrected chi connectivity index (χ4v) is 1.70. The van der Waals surface area contributed by atoms with Crippen molar-refractivity contribution in [2.24, 2.45) is 4.99 Å². The molecule has 0 radical (unpaired) electrons. The Morgan fingerprint density at radius 3 is 2.40 bits per heavy atom. The van der Waals surface area contributed by atoms with Gasteiger partial charge in [-0.1, -0.05) is 42.5 Å². The van der Waals surface area contributed by atoms with Crippen LogP contribution in [0.2, 0.25) is 0 Å². The number of aliphatic imine (C=N–C) groups is 1. The Morgan fingerprint density at radius 1 is 1.05 bits per heavy atom. The van der Waals surface area contributed by atoms with Gasteiger partial charge in [0.1, 0.15) is 6.61 Å². The normalized spacial score (nSPS) is 9.80. The van der Waals surface area contributed by atoms with Gasteiger partial charge in [0, 0.05) is 5.69 Å². The van der Waals surface area contributed by atoms with Crippen LogP contribution in [0.1, 0.15) is 11.1 Å². The lowest BCUT2D eigenvalue weighted by Gasteiger charge is -2.07. The third-order valence-corrected chi connectivity index (χ3v) is 2.71. The molecule has 0 saturated carbocycles. The van der Waals surface area contributed by atoms with Gasteiger partial charge < -0.3 is 4.74 Å². The summed E-state index contributed by atoms with van der Waals surface area (Å²) in [6, 6.07) is 16.9. The number of carbonyl (C=O) groups excluding carboxylic acids is 1. The van der Waals surface area contributed by atoms with E-state index < -0.39 is 6.09 Å². The number of rotatable bonds is 5.